The number of hydrogen-bond donors (Lipinski definition) is 0. The molecule has 0 amide bonds. The van der Waals surface area contributed by atoms with Crippen LogP contribution in [0, 0.1) is 0 Å². The van der Waals surface area contributed by atoms with E-state index in [-0.39, 0.29) is 24.7 Å². The highest BCUT2D eigenvalue weighted by molar-refractivity contribution is 5.78. The SMILES string of the molecule is O=Cc1ncc2c(c1OCc1ccccc1)C(c1cccc(C(F)(F)F)c1)OC2. The molecule has 0 spiro atoms. The van der Waals surface area contributed by atoms with Crippen molar-refractivity contribution in [3.05, 3.63) is 94.3 Å². The van der Waals surface area contributed by atoms with Crippen LogP contribution in [0.2, 0.25) is 0 Å². The second kappa shape index (κ2) is 7.67. The van der Waals surface area contributed by atoms with E-state index in [0.29, 0.717) is 23.0 Å². The minimum Gasteiger partial charge on any atom is -0.486 e. The largest absolute Gasteiger partial charge is 0.486 e. The molecule has 0 bridgehead atoms. The molecule has 0 saturated carbocycles. The van der Waals surface area contributed by atoms with Crippen LogP contribution in [0.5, 0.6) is 5.75 Å². The smallest absolute Gasteiger partial charge is 0.416 e. The van der Waals surface area contributed by atoms with Crippen molar-refractivity contribution < 1.29 is 27.4 Å². The molecule has 7 heteroatoms. The Morgan fingerprint density at radius 3 is 2.66 bits per heavy atom. The number of carbonyl (C=O) groups is 1. The first kappa shape index (κ1) is 19.1. The van der Waals surface area contributed by atoms with Gasteiger partial charge in [0, 0.05) is 17.3 Å². The molecular weight excluding hydrogens is 383 g/mol. The van der Waals surface area contributed by atoms with E-state index in [1.807, 2.05) is 30.3 Å². The van der Waals surface area contributed by atoms with Crippen LogP contribution in [0.25, 0.3) is 0 Å². The van der Waals surface area contributed by atoms with Gasteiger partial charge < -0.3 is 9.47 Å². The number of fused-ring (bicyclic) bond motifs is 1. The quantitative estimate of drug-likeness (QED) is 0.560. The van der Waals surface area contributed by atoms with Crippen molar-refractivity contribution in [3.63, 3.8) is 0 Å². The van der Waals surface area contributed by atoms with Crippen molar-refractivity contribution in [2.45, 2.75) is 25.5 Å². The fraction of sp³-hybridized carbons (Fsp3) is 0.182. The molecule has 29 heavy (non-hydrogen) atoms. The summed E-state index contributed by atoms with van der Waals surface area (Å²) in [4.78, 5) is 15.6. The maximum absolute atomic E-state index is 13.1. The highest BCUT2D eigenvalue weighted by atomic mass is 19.4. The fourth-order valence-electron chi connectivity index (χ4n) is 3.32. The first-order chi connectivity index (χ1) is 14.0. The average Bonchev–Trinajstić information content (AvgIpc) is 3.16. The number of benzene rings is 2. The lowest BCUT2D eigenvalue weighted by Gasteiger charge is -2.18. The lowest BCUT2D eigenvalue weighted by Crippen LogP contribution is -2.09. The molecule has 1 aromatic heterocycles. The average molecular weight is 399 g/mol. The number of nitrogens with zero attached hydrogens (tertiary/aromatic N) is 1. The second-order valence-electron chi connectivity index (χ2n) is 6.62. The van der Waals surface area contributed by atoms with Gasteiger partial charge in [0.2, 0.25) is 0 Å². The van der Waals surface area contributed by atoms with Crippen molar-refractivity contribution >= 4 is 6.29 Å². The summed E-state index contributed by atoms with van der Waals surface area (Å²) < 4.78 is 51.1. The Morgan fingerprint density at radius 2 is 1.93 bits per heavy atom. The number of ether oxygens (including phenoxy) is 2. The number of pyridine rings is 1. The van der Waals surface area contributed by atoms with Gasteiger partial charge in [-0.1, -0.05) is 42.5 Å². The van der Waals surface area contributed by atoms with Crippen molar-refractivity contribution in [2.24, 2.45) is 0 Å². The molecule has 4 nitrogen and oxygen atoms in total. The van der Waals surface area contributed by atoms with Crippen LogP contribution in [0.4, 0.5) is 13.2 Å². The normalized spacial score (nSPS) is 15.8. The first-order valence-electron chi connectivity index (χ1n) is 8.90. The fourth-order valence-corrected chi connectivity index (χ4v) is 3.32. The summed E-state index contributed by atoms with van der Waals surface area (Å²) in [5.41, 5.74) is 1.77. The van der Waals surface area contributed by atoms with Gasteiger partial charge in [-0.2, -0.15) is 13.2 Å². The molecule has 3 aromatic rings. The number of carbonyl (C=O) groups excluding carboxylic acids is 1. The van der Waals surface area contributed by atoms with Gasteiger partial charge in [-0.05, 0) is 23.3 Å². The Morgan fingerprint density at radius 1 is 1.14 bits per heavy atom. The summed E-state index contributed by atoms with van der Waals surface area (Å²) in [6.07, 6.45) is -3.17. The van der Waals surface area contributed by atoms with Gasteiger partial charge in [0.1, 0.15) is 18.4 Å². The van der Waals surface area contributed by atoms with Gasteiger partial charge in [0.15, 0.2) is 12.0 Å². The van der Waals surface area contributed by atoms with E-state index in [2.05, 4.69) is 4.98 Å². The molecule has 2 aromatic carbocycles. The van der Waals surface area contributed by atoms with Crippen molar-refractivity contribution in [1.29, 1.82) is 0 Å². The topological polar surface area (TPSA) is 48.4 Å². The number of aromatic nitrogens is 1. The second-order valence-corrected chi connectivity index (χ2v) is 6.62. The standard InChI is InChI=1S/C22H16F3NO3/c23-22(24,25)17-8-4-7-15(9-17)20-19-16(13-29-20)10-26-18(11-27)21(19)28-12-14-5-2-1-3-6-14/h1-11,20H,12-13H2. The van der Waals surface area contributed by atoms with E-state index in [0.717, 1.165) is 17.7 Å². The Balaban J connectivity index is 1.74. The number of rotatable bonds is 5. The lowest BCUT2D eigenvalue weighted by atomic mass is 9.97. The summed E-state index contributed by atoms with van der Waals surface area (Å²) in [6, 6.07) is 14.3. The first-order valence-corrected chi connectivity index (χ1v) is 8.90. The molecule has 0 radical (unpaired) electrons. The highest BCUT2D eigenvalue weighted by Gasteiger charge is 2.34. The maximum atomic E-state index is 13.1. The van der Waals surface area contributed by atoms with Gasteiger partial charge in [-0.3, -0.25) is 4.79 Å². The zero-order valence-electron chi connectivity index (χ0n) is 15.1. The molecule has 1 unspecified atom stereocenters. The van der Waals surface area contributed by atoms with E-state index in [9.17, 15) is 18.0 Å². The molecule has 0 saturated heterocycles. The van der Waals surface area contributed by atoms with E-state index in [1.165, 1.54) is 12.3 Å². The van der Waals surface area contributed by atoms with Gasteiger partial charge in [-0.15, -0.1) is 0 Å². The number of aldehydes is 1. The van der Waals surface area contributed by atoms with E-state index in [1.54, 1.807) is 6.07 Å². The molecule has 148 valence electrons. The highest BCUT2D eigenvalue weighted by Crippen LogP contribution is 2.43. The zero-order chi connectivity index (χ0) is 20.4. The van der Waals surface area contributed by atoms with Crippen molar-refractivity contribution in [2.75, 3.05) is 0 Å². The number of alkyl halides is 3. The van der Waals surface area contributed by atoms with Gasteiger partial charge in [0.05, 0.1) is 12.2 Å². The van der Waals surface area contributed by atoms with Gasteiger partial charge >= 0.3 is 6.18 Å². The predicted octanol–water partition coefficient (Wildman–Crippen LogP) is 5.11. The third kappa shape index (κ3) is 3.86. The Hall–Kier alpha value is -3.19. The molecule has 1 aliphatic heterocycles. The predicted molar refractivity (Wildman–Crippen MR) is 98.5 cm³/mol. The molecule has 4 rings (SSSR count). The Labute approximate surface area is 164 Å². The summed E-state index contributed by atoms with van der Waals surface area (Å²) >= 11 is 0. The number of halogens is 3. The number of hydrogen-bond acceptors (Lipinski definition) is 4. The van der Waals surface area contributed by atoms with E-state index < -0.39 is 17.8 Å². The molecule has 2 heterocycles. The van der Waals surface area contributed by atoms with E-state index in [4.69, 9.17) is 9.47 Å². The summed E-state index contributed by atoms with van der Waals surface area (Å²) in [7, 11) is 0. The summed E-state index contributed by atoms with van der Waals surface area (Å²) in [6.45, 7) is 0.360. The summed E-state index contributed by atoms with van der Waals surface area (Å²) in [5.74, 6) is 0.237. The van der Waals surface area contributed by atoms with Crippen LogP contribution >= 0.6 is 0 Å². The van der Waals surface area contributed by atoms with Crippen LogP contribution < -0.4 is 4.74 Å². The molecule has 0 aliphatic carbocycles. The zero-order valence-corrected chi connectivity index (χ0v) is 15.1. The Bertz CT molecular complexity index is 1040. The minimum atomic E-state index is -4.46. The maximum Gasteiger partial charge on any atom is 0.416 e. The van der Waals surface area contributed by atoms with Gasteiger partial charge in [0.25, 0.3) is 0 Å². The molecule has 0 N–H and O–H groups in total. The van der Waals surface area contributed by atoms with Gasteiger partial charge in [-0.25, -0.2) is 4.98 Å². The van der Waals surface area contributed by atoms with Crippen LogP contribution in [-0.2, 0) is 24.1 Å². The summed E-state index contributed by atoms with van der Waals surface area (Å²) in [5, 5.41) is 0. The Kier molecular flexibility index (Phi) is 5.07. The molecule has 1 atom stereocenters. The minimum absolute atomic E-state index is 0.0853. The van der Waals surface area contributed by atoms with Crippen LogP contribution in [0.15, 0.2) is 60.8 Å². The van der Waals surface area contributed by atoms with Crippen molar-refractivity contribution in [1.82, 2.24) is 4.98 Å². The molecule has 0 fully saturated rings. The lowest BCUT2D eigenvalue weighted by molar-refractivity contribution is -0.137. The van der Waals surface area contributed by atoms with Crippen molar-refractivity contribution in [3.8, 4) is 5.75 Å². The third-order valence-electron chi connectivity index (χ3n) is 4.70. The molecular formula is C22H16F3NO3. The van der Waals surface area contributed by atoms with Crippen LogP contribution in [0.3, 0.4) is 0 Å². The monoisotopic (exact) mass is 399 g/mol. The molecule has 1 aliphatic rings. The van der Waals surface area contributed by atoms with Crippen LogP contribution in [0.1, 0.15) is 44.4 Å². The third-order valence-corrected chi connectivity index (χ3v) is 4.70. The van der Waals surface area contributed by atoms with E-state index >= 15 is 0 Å². The van der Waals surface area contributed by atoms with Crippen LogP contribution in [-0.4, -0.2) is 11.3 Å².